The minimum atomic E-state index is -0.698. The van der Waals surface area contributed by atoms with E-state index in [4.69, 9.17) is 9.47 Å². The molecule has 3 aromatic rings. The highest BCUT2D eigenvalue weighted by molar-refractivity contribution is 7.10. The van der Waals surface area contributed by atoms with Crippen molar-refractivity contribution in [3.63, 3.8) is 0 Å². The average molecular weight is 533 g/mol. The highest BCUT2D eigenvalue weighted by Gasteiger charge is 2.44. The number of nitrogens with one attached hydrogen (secondary N) is 1. The predicted octanol–water partition coefficient (Wildman–Crippen LogP) is 2.16. The van der Waals surface area contributed by atoms with Gasteiger partial charge in [-0.15, -0.1) is 11.3 Å². The summed E-state index contributed by atoms with van der Waals surface area (Å²) in [4.78, 5) is 30.3. The third-order valence-corrected chi connectivity index (χ3v) is 8.09. The molecular weight excluding hydrogens is 500 g/mol. The average Bonchev–Trinajstić information content (AvgIpc) is 3.56. The molecule has 0 radical (unpaired) electrons. The van der Waals surface area contributed by atoms with Crippen LogP contribution in [-0.2, 0) is 20.9 Å². The van der Waals surface area contributed by atoms with E-state index in [2.05, 4.69) is 0 Å². The minimum absolute atomic E-state index is 0.0391. The fourth-order valence-corrected chi connectivity index (χ4v) is 5.97. The number of benzene rings is 2. The van der Waals surface area contributed by atoms with Crippen molar-refractivity contribution in [2.24, 2.45) is 0 Å². The van der Waals surface area contributed by atoms with Crippen molar-refractivity contribution in [2.75, 3.05) is 39.4 Å². The molecule has 1 unspecified atom stereocenters. The predicted molar refractivity (Wildman–Crippen MR) is 144 cm³/mol. The molecule has 2 aromatic carbocycles. The van der Waals surface area contributed by atoms with Crippen molar-refractivity contribution >= 4 is 28.8 Å². The van der Waals surface area contributed by atoms with E-state index < -0.39 is 23.5 Å². The lowest BCUT2D eigenvalue weighted by molar-refractivity contribution is -0.908. The fourth-order valence-electron chi connectivity index (χ4n) is 5.12. The van der Waals surface area contributed by atoms with Crippen molar-refractivity contribution in [2.45, 2.75) is 26.0 Å². The van der Waals surface area contributed by atoms with Gasteiger partial charge in [0.1, 0.15) is 25.4 Å². The van der Waals surface area contributed by atoms with Crippen molar-refractivity contribution in [3.8, 4) is 5.75 Å². The number of amides is 1. The second-order valence-electron chi connectivity index (χ2n) is 9.71. The molecule has 2 aliphatic heterocycles. The first kappa shape index (κ1) is 26.2. The zero-order valence-electron chi connectivity index (χ0n) is 21.5. The Balaban J connectivity index is 1.38. The maximum atomic E-state index is 13.8. The highest BCUT2D eigenvalue weighted by Crippen LogP contribution is 2.41. The summed E-state index contributed by atoms with van der Waals surface area (Å²) in [5, 5.41) is 15.7. The smallest absolute Gasteiger partial charge is 0.295 e. The van der Waals surface area contributed by atoms with Crippen LogP contribution in [0, 0.1) is 6.92 Å². The number of aryl methyl sites for hydroxylation is 1. The first-order valence-corrected chi connectivity index (χ1v) is 13.9. The highest BCUT2D eigenvalue weighted by atomic mass is 32.1. The van der Waals surface area contributed by atoms with E-state index in [9.17, 15) is 14.7 Å². The standard InChI is InChI=1S/C30H32N2O5S/c1-21-19-23(37-20-22-7-3-2-4-8-22)10-11-24(21)28(33)26-27(25-9-5-18-38-25)32(30(35)29(26)34)13-6-12-31-14-16-36-17-15-31/h2-5,7-11,18-19,27,33H,6,12-17,20H2,1H3. The molecule has 0 saturated carbocycles. The maximum absolute atomic E-state index is 13.8. The molecule has 1 atom stereocenters. The molecule has 1 amide bonds. The van der Waals surface area contributed by atoms with Crippen LogP contribution in [0.3, 0.4) is 0 Å². The Morgan fingerprint density at radius 2 is 1.89 bits per heavy atom. The van der Waals surface area contributed by atoms with Crippen molar-refractivity contribution < 1.29 is 29.1 Å². The summed E-state index contributed by atoms with van der Waals surface area (Å²) in [5.74, 6) is -1.04. The van der Waals surface area contributed by atoms with E-state index in [0.29, 0.717) is 30.0 Å². The maximum Gasteiger partial charge on any atom is 0.295 e. The molecule has 198 valence electrons. The number of thiophene rings is 1. The normalized spacial score (nSPS) is 19.7. The Bertz CT molecular complexity index is 1300. The molecule has 0 aliphatic carbocycles. The molecule has 2 aliphatic rings. The summed E-state index contributed by atoms with van der Waals surface area (Å²) in [5.41, 5.74) is 2.20. The number of likely N-dealkylation sites (tertiary alicyclic amines) is 1. The van der Waals surface area contributed by atoms with Gasteiger partial charge in [0.2, 0.25) is 5.78 Å². The van der Waals surface area contributed by atoms with E-state index in [-0.39, 0.29) is 5.57 Å². The Morgan fingerprint density at radius 1 is 1.11 bits per heavy atom. The number of rotatable bonds is 9. The van der Waals surface area contributed by atoms with Gasteiger partial charge in [0.25, 0.3) is 5.91 Å². The van der Waals surface area contributed by atoms with E-state index in [1.807, 2.05) is 54.8 Å². The third-order valence-electron chi connectivity index (χ3n) is 7.16. The molecule has 7 nitrogen and oxygen atoms in total. The Kier molecular flexibility index (Phi) is 8.22. The van der Waals surface area contributed by atoms with Crippen LogP contribution < -0.4 is 14.7 Å². The monoisotopic (exact) mass is 532 g/mol. The van der Waals surface area contributed by atoms with Gasteiger partial charge in [-0.05, 0) is 47.2 Å². The van der Waals surface area contributed by atoms with Crippen LogP contribution in [0.15, 0.2) is 71.6 Å². The first-order valence-electron chi connectivity index (χ1n) is 13.0. The number of carbonyl (C=O) groups is 2. The Morgan fingerprint density at radius 3 is 2.61 bits per heavy atom. The topological polar surface area (TPSA) is 83.3 Å². The van der Waals surface area contributed by atoms with Crippen molar-refractivity contribution in [1.82, 2.24) is 4.90 Å². The van der Waals surface area contributed by atoms with Gasteiger partial charge in [0.15, 0.2) is 0 Å². The Hall–Kier alpha value is -3.46. The zero-order chi connectivity index (χ0) is 26.5. The van der Waals surface area contributed by atoms with E-state index in [0.717, 1.165) is 49.7 Å². The van der Waals surface area contributed by atoms with Gasteiger partial charge in [-0.1, -0.05) is 48.2 Å². The van der Waals surface area contributed by atoms with Gasteiger partial charge in [-0.3, -0.25) is 9.59 Å². The number of quaternary nitrogens is 1. The molecule has 3 heterocycles. The first-order chi connectivity index (χ1) is 18.5. The van der Waals surface area contributed by atoms with Gasteiger partial charge >= 0.3 is 0 Å². The lowest BCUT2D eigenvalue weighted by Gasteiger charge is -2.28. The number of ketones is 1. The molecule has 0 bridgehead atoms. The van der Waals surface area contributed by atoms with Gasteiger partial charge < -0.3 is 24.4 Å². The van der Waals surface area contributed by atoms with Gasteiger partial charge in [-0.25, -0.2) is 0 Å². The Labute approximate surface area is 226 Å². The van der Waals surface area contributed by atoms with Crippen molar-refractivity contribution in [1.29, 1.82) is 0 Å². The van der Waals surface area contributed by atoms with Gasteiger partial charge in [0, 0.05) is 23.4 Å². The van der Waals surface area contributed by atoms with E-state index >= 15 is 0 Å². The molecule has 1 N–H and O–H groups in total. The molecule has 0 spiro atoms. The van der Waals surface area contributed by atoms with Gasteiger partial charge in [0.05, 0.1) is 25.8 Å². The lowest BCUT2D eigenvalue weighted by atomic mass is 9.97. The van der Waals surface area contributed by atoms with Crippen LogP contribution in [0.2, 0.25) is 0 Å². The fraction of sp³-hybridized carbons (Fsp3) is 0.333. The number of carbonyl (C=O) groups excluding carboxylic acids is 2. The molecule has 2 fully saturated rings. The van der Waals surface area contributed by atoms with Crippen LogP contribution in [0.4, 0.5) is 0 Å². The number of ether oxygens (including phenoxy) is 2. The summed E-state index contributed by atoms with van der Waals surface area (Å²) in [6.07, 6.45) is 0.754. The summed E-state index contributed by atoms with van der Waals surface area (Å²) in [6.45, 7) is 6.95. The largest absolute Gasteiger partial charge is 0.872 e. The van der Waals surface area contributed by atoms with Crippen LogP contribution in [0.25, 0.3) is 5.76 Å². The summed E-state index contributed by atoms with van der Waals surface area (Å²) in [6, 6.07) is 18.2. The number of morpholine rings is 1. The third kappa shape index (κ3) is 5.67. The minimum Gasteiger partial charge on any atom is -0.872 e. The molecule has 1 aromatic heterocycles. The van der Waals surface area contributed by atoms with Crippen LogP contribution in [-0.4, -0.2) is 56.0 Å². The number of nitrogens with zero attached hydrogens (tertiary/aromatic N) is 1. The number of Topliss-reactive ketones (excluding diaryl/α,β-unsaturated/α-hetero) is 1. The summed E-state index contributed by atoms with van der Waals surface area (Å²) in [7, 11) is 0. The zero-order valence-corrected chi connectivity index (χ0v) is 22.3. The molecule has 2 saturated heterocycles. The molecule has 5 rings (SSSR count). The van der Waals surface area contributed by atoms with Crippen LogP contribution in [0.5, 0.6) is 5.75 Å². The number of hydrogen-bond acceptors (Lipinski definition) is 6. The molecule has 38 heavy (non-hydrogen) atoms. The second kappa shape index (κ2) is 11.9. The van der Waals surface area contributed by atoms with Crippen LogP contribution in [0.1, 0.15) is 34.0 Å². The van der Waals surface area contributed by atoms with Crippen molar-refractivity contribution in [3.05, 3.63) is 93.2 Å². The summed E-state index contributed by atoms with van der Waals surface area (Å²) >= 11 is 1.46. The lowest BCUT2D eigenvalue weighted by Crippen LogP contribution is -3.14. The van der Waals surface area contributed by atoms with Crippen LogP contribution >= 0.6 is 11.3 Å². The molecule has 8 heteroatoms. The second-order valence-corrected chi connectivity index (χ2v) is 10.7. The quantitative estimate of drug-likeness (QED) is 0.260. The summed E-state index contributed by atoms with van der Waals surface area (Å²) < 4.78 is 11.3. The van der Waals surface area contributed by atoms with Gasteiger partial charge in [-0.2, -0.15) is 0 Å². The number of hydrogen-bond donors (Lipinski definition) is 1. The van der Waals surface area contributed by atoms with E-state index in [1.54, 1.807) is 23.1 Å². The SMILES string of the molecule is Cc1cc(OCc2ccccc2)ccc1C([O-])=C1C(=O)C(=O)N(CCC[NH+]2CCOCC2)C1c1cccs1. The van der Waals surface area contributed by atoms with E-state index in [1.165, 1.54) is 16.2 Å². The molecular formula is C30H32N2O5S.